The minimum atomic E-state index is -3.29. The number of fused-ring (bicyclic) bond motifs is 1. The number of nitrogens with one attached hydrogen (secondary N) is 1. The first kappa shape index (κ1) is 20.1. The highest BCUT2D eigenvalue weighted by Gasteiger charge is 2.12. The summed E-state index contributed by atoms with van der Waals surface area (Å²) in [6, 6.07) is 20.6. The molecule has 0 radical (unpaired) electrons. The molecule has 0 amide bonds. The summed E-state index contributed by atoms with van der Waals surface area (Å²) in [5.74, 6) is 0.474. The molecule has 0 aliphatic carbocycles. The van der Waals surface area contributed by atoms with Crippen molar-refractivity contribution in [2.75, 3.05) is 25.7 Å². The van der Waals surface area contributed by atoms with E-state index in [9.17, 15) is 8.42 Å². The van der Waals surface area contributed by atoms with Crippen molar-refractivity contribution in [3.8, 4) is 11.3 Å². The summed E-state index contributed by atoms with van der Waals surface area (Å²) in [5, 5.41) is 7.82. The van der Waals surface area contributed by atoms with Gasteiger partial charge in [-0.15, -0.1) is 5.10 Å². The van der Waals surface area contributed by atoms with Crippen LogP contribution >= 0.6 is 0 Å². The SMILES string of the molecule is CN(C)Cc1ccc(Nc2nc3cccc(-c4cccc(S(C)(=O)=O)c4)n3n2)cc1. The van der Waals surface area contributed by atoms with Gasteiger partial charge in [0.1, 0.15) is 0 Å². The van der Waals surface area contributed by atoms with Crippen molar-refractivity contribution < 1.29 is 8.42 Å². The summed E-state index contributed by atoms with van der Waals surface area (Å²) in [7, 11) is 0.781. The van der Waals surface area contributed by atoms with Gasteiger partial charge in [0.05, 0.1) is 10.6 Å². The Kier molecular flexibility index (Phi) is 5.27. The Morgan fingerprint density at radius 1 is 1.00 bits per heavy atom. The number of sulfone groups is 1. The maximum atomic E-state index is 11.9. The number of anilines is 2. The Morgan fingerprint density at radius 2 is 1.73 bits per heavy atom. The van der Waals surface area contributed by atoms with Crippen LogP contribution in [-0.2, 0) is 16.4 Å². The van der Waals surface area contributed by atoms with Gasteiger partial charge in [-0.05, 0) is 56.1 Å². The fourth-order valence-corrected chi connectivity index (χ4v) is 3.92. The molecule has 30 heavy (non-hydrogen) atoms. The van der Waals surface area contributed by atoms with Crippen molar-refractivity contribution in [1.82, 2.24) is 19.5 Å². The number of benzene rings is 2. The summed E-state index contributed by atoms with van der Waals surface area (Å²) < 4.78 is 25.6. The molecule has 4 aromatic rings. The molecule has 1 N–H and O–H groups in total. The first-order valence-electron chi connectivity index (χ1n) is 9.46. The molecule has 7 nitrogen and oxygen atoms in total. The molecule has 0 bridgehead atoms. The fraction of sp³-hybridized carbons (Fsp3) is 0.182. The highest BCUT2D eigenvalue weighted by molar-refractivity contribution is 7.90. The van der Waals surface area contributed by atoms with E-state index in [4.69, 9.17) is 0 Å². The van der Waals surface area contributed by atoms with Gasteiger partial charge in [-0.3, -0.25) is 0 Å². The third-order valence-corrected chi connectivity index (χ3v) is 5.74. The molecule has 154 valence electrons. The van der Waals surface area contributed by atoms with Crippen molar-refractivity contribution in [3.05, 3.63) is 72.3 Å². The van der Waals surface area contributed by atoms with Gasteiger partial charge in [0, 0.05) is 24.1 Å². The van der Waals surface area contributed by atoms with Crippen LogP contribution in [-0.4, -0.2) is 48.3 Å². The minimum absolute atomic E-state index is 0.272. The number of aromatic nitrogens is 3. The first-order chi connectivity index (χ1) is 14.3. The summed E-state index contributed by atoms with van der Waals surface area (Å²) in [6.45, 7) is 0.878. The van der Waals surface area contributed by atoms with E-state index in [1.165, 1.54) is 11.8 Å². The molecule has 0 aliphatic heterocycles. The Labute approximate surface area is 175 Å². The average Bonchev–Trinajstić information content (AvgIpc) is 3.11. The third kappa shape index (κ3) is 4.34. The second-order valence-corrected chi connectivity index (χ2v) is 9.49. The van der Waals surface area contributed by atoms with Gasteiger partial charge in [0.2, 0.25) is 5.95 Å². The standard InChI is InChI=1S/C22H23N5O2S/c1-26(2)15-16-10-12-18(13-11-16)23-22-24-21-9-5-8-20(27(21)25-22)17-6-4-7-19(14-17)30(3,28)29/h4-14H,15H2,1-3H3,(H,23,25). The van der Waals surface area contributed by atoms with E-state index in [0.717, 1.165) is 23.5 Å². The summed E-state index contributed by atoms with van der Waals surface area (Å²) in [6.07, 6.45) is 1.20. The predicted octanol–water partition coefficient (Wildman–Crippen LogP) is 3.61. The summed E-state index contributed by atoms with van der Waals surface area (Å²) in [5.41, 5.74) is 4.31. The zero-order chi connectivity index (χ0) is 21.3. The highest BCUT2D eigenvalue weighted by atomic mass is 32.2. The van der Waals surface area contributed by atoms with Crippen LogP contribution in [0.3, 0.4) is 0 Å². The number of hydrogen-bond donors (Lipinski definition) is 1. The Morgan fingerprint density at radius 3 is 2.43 bits per heavy atom. The van der Waals surface area contributed by atoms with E-state index in [-0.39, 0.29) is 4.90 Å². The topological polar surface area (TPSA) is 79.6 Å². The monoisotopic (exact) mass is 421 g/mol. The number of rotatable bonds is 6. The molecule has 0 saturated carbocycles. The van der Waals surface area contributed by atoms with Gasteiger partial charge in [-0.25, -0.2) is 12.9 Å². The van der Waals surface area contributed by atoms with Crippen LogP contribution in [0.4, 0.5) is 11.6 Å². The van der Waals surface area contributed by atoms with E-state index < -0.39 is 9.84 Å². The van der Waals surface area contributed by atoms with Gasteiger partial charge in [-0.1, -0.05) is 30.3 Å². The predicted molar refractivity (Wildman–Crippen MR) is 119 cm³/mol. The van der Waals surface area contributed by atoms with Crippen molar-refractivity contribution >= 4 is 27.1 Å². The minimum Gasteiger partial charge on any atom is -0.323 e. The molecule has 2 aromatic heterocycles. The van der Waals surface area contributed by atoms with Crippen LogP contribution in [0, 0.1) is 0 Å². The zero-order valence-corrected chi connectivity index (χ0v) is 17.9. The smallest absolute Gasteiger partial charge is 0.247 e. The second kappa shape index (κ2) is 7.89. The summed E-state index contributed by atoms with van der Waals surface area (Å²) >= 11 is 0. The van der Waals surface area contributed by atoms with Crippen LogP contribution in [0.2, 0.25) is 0 Å². The third-order valence-electron chi connectivity index (χ3n) is 4.63. The van der Waals surface area contributed by atoms with Crippen molar-refractivity contribution in [2.45, 2.75) is 11.4 Å². The zero-order valence-electron chi connectivity index (χ0n) is 17.1. The Balaban J connectivity index is 1.66. The Hall–Kier alpha value is -3.23. The van der Waals surface area contributed by atoms with Crippen LogP contribution in [0.5, 0.6) is 0 Å². The van der Waals surface area contributed by atoms with E-state index in [2.05, 4.69) is 32.4 Å². The molecule has 8 heteroatoms. The normalized spacial score (nSPS) is 11.9. The largest absolute Gasteiger partial charge is 0.323 e. The lowest BCUT2D eigenvalue weighted by atomic mass is 10.1. The van der Waals surface area contributed by atoms with Crippen LogP contribution in [0.15, 0.2) is 71.6 Å². The molecule has 2 aromatic carbocycles. The molecule has 4 rings (SSSR count). The number of nitrogens with zero attached hydrogens (tertiary/aromatic N) is 4. The van der Waals surface area contributed by atoms with Gasteiger partial charge >= 0.3 is 0 Å². The molecule has 0 saturated heterocycles. The highest BCUT2D eigenvalue weighted by Crippen LogP contribution is 2.24. The molecule has 0 spiro atoms. The van der Waals surface area contributed by atoms with Gasteiger partial charge < -0.3 is 10.2 Å². The van der Waals surface area contributed by atoms with E-state index in [0.29, 0.717) is 11.6 Å². The number of hydrogen-bond acceptors (Lipinski definition) is 6. The molecule has 0 atom stereocenters. The summed E-state index contributed by atoms with van der Waals surface area (Å²) in [4.78, 5) is 6.94. The molecule has 0 unspecified atom stereocenters. The van der Waals surface area contributed by atoms with Crippen molar-refractivity contribution in [2.24, 2.45) is 0 Å². The molecular formula is C22H23N5O2S. The average molecular weight is 422 g/mol. The first-order valence-corrected chi connectivity index (χ1v) is 11.4. The maximum absolute atomic E-state index is 11.9. The van der Waals surface area contributed by atoms with Crippen LogP contribution in [0.25, 0.3) is 16.9 Å². The van der Waals surface area contributed by atoms with Crippen molar-refractivity contribution in [1.29, 1.82) is 0 Å². The van der Waals surface area contributed by atoms with Gasteiger partial charge in [-0.2, -0.15) is 4.98 Å². The van der Waals surface area contributed by atoms with E-state index in [1.54, 1.807) is 22.7 Å². The lowest BCUT2D eigenvalue weighted by Gasteiger charge is -2.10. The quantitative estimate of drug-likeness (QED) is 0.512. The molecule has 0 fully saturated rings. The lowest BCUT2D eigenvalue weighted by molar-refractivity contribution is 0.402. The Bertz CT molecular complexity index is 1290. The van der Waals surface area contributed by atoms with E-state index in [1.807, 2.05) is 50.5 Å². The van der Waals surface area contributed by atoms with Crippen LogP contribution < -0.4 is 5.32 Å². The van der Waals surface area contributed by atoms with Gasteiger partial charge in [0.15, 0.2) is 15.5 Å². The second-order valence-electron chi connectivity index (χ2n) is 7.48. The lowest BCUT2D eigenvalue weighted by Crippen LogP contribution is -2.10. The van der Waals surface area contributed by atoms with Crippen molar-refractivity contribution in [3.63, 3.8) is 0 Å². The van der Waals surface area contributed by atoms with Crippen LogP contribution in [0.1, 0.15) is 5.56 Å². The maximum Gasteiger partial charge on any atom is 0.247 e. The van der Waals surface area contributed by atoms with Gasteiger partial charge in [0.25, 0.3) is 0 Å². The molecule has 2 heterocycles. The number of pyridine rings is 1. The van der Waals surface area contributed by atoms with E-state index >= 15 is 0 Å². The fourth-order valence-electron chi connectivity index (χ4n) is 3.25. The molecular weight excluding hydrogens is 398 g/mol. The molecule has 0 aliphatic rings.